The predicted molar refractivity (Wildman–Crippen MR) is 72.5 cm³/mol. The SMILES string of the molecule is CC1CCCN(C(=O)c2ccn(C)c(=O)c2)C1C(=O)O. The van der Waals surface area contributed by atoms with E-state index in [1.54, 1.807) is 13.1 Å². The Hall–Kier alpha value is -2.11. The Labute approximate surface area is 116 Å². The minimum absolute atomic E-state index is 0.0863. The van der Waals surface area contributed by atoms with Gasteiger partial charge in [-0.25, -0.2) is 4.79 Å². The molecule has 6 heteroatoms. The summed E-state index contributed by atoms with van der Waals surface area (Å²) in [5.74, 6) is -1.47. The number of hydrogen-bond acceptors (Lipinski definition) is 3. The molecule has 108 valence electrons. The number of piperidine rings is 1. The molecule has 0 radical (unpaired) electrons. The molecular weight excluding hydrogens is 260 g/mol. The molecule has 2 heterocycles. The number of aryl methyl sites for hydroxylation is 1. The third-order valence-electron chi connectivity index (χ3n) is 3.80. The fourth-order valence-electron chi connectivity index (χ4n) is 2.64. The Kier molecular flexibility index (Phi) is 3.92. The van der Waals surface area contributed by atoms with Gasteiger partial charge >= 0.3 is 5.97 Å². The minimum atomic E-state index is -0.991. The van der Waals surface area contributed by atoms with Crippen molar-refractivity contribution in [2.24, 2.45) is 13.0 Å². The molecule has 1 saturated heterocycles. The average molecular weight is 278 g/mol. The zero-order valence-electron chi connectivity index (χ0n) is 11.6. The third-order valence-corrected chi connectivity index (χ3v) is 3.80. The summed E-state index contributed by atoms with van der Waals surface area (Å²) in [6.07, 6.45) is 3.08. The maximum atomic E-state index is 12.4. The van der Waals surface area contributed by atoms with E-state index in [1.165, 1.54) is 21.7 Å². The lowest BCUT2D eigenvalue weighted by Gasteiger charge is -2.37. The number of aromatic nitrogens is 1. The molecule has 1 aliphatic rings. The first-order valence-corrected chi connectivity index (χ1v) is 6.62. The molecule has 2 unspecified atom stereocenters. The Bertz CT molecular complexity index is 593. The molecule has 6 nitrogen and oxygen atoms in total. The van der Waals surface area contributed by atoms with Crippen LogP contribution in [0, 0.1) is 5.92 Å². The van der Waals surface area contributed by atoms with Gasteiger partial charge in [-0.05, 0) is 24.8 Å². The summed E-state index contributed by atoms with van der Waals surface area (Å²) >= 11 is 0. The Balaban J connectivity index is 2.32. The van der Waals surface area contributed by atoms with Crippen molar-refractivity contribution in [3.8, 4) is 0 Å². The van der Waals surface area contributed by atoms with Crippen molar-refractivity contribution < 1.29 is 14.7 Å². The highest BCUT2D eigenvalue weighted by Crippen LogP contribution is 2.25. The van der Waals surface area contributed by atoms with Crippen LogP contribution in [0.3, 0.4) is 0 Å². The highest BCUT2D eigenvalue weighted by Gasteiger charge is 2.37. The minimum Gasteiger partial charge on any atom is -0.480 e. The van der Waals surface area contributed by atoms with Crippen molar-refractivity contribution in [2.45, 2.75) is 25.8 Å². The number of likely N-dealkylation sites (tertiary alicyclic amines) is 1. The topological polar surface area (TPSA) is 79.6 Å². The molecule has 2 atom stereocenters. The molecule has 0 spiro atoms. The van der Waals surface area contributed by atoms with E-state index < -0.39 is 12.0 Å². The summed E-state index contributed by atoms with van der Waals surface area (Å²) in [7, 11) is 1.60. The Morgan fingerprint density at radius 1 is 1.40 bits per heavy atom. The molecule has 0 aliphatic carbocycles. The van der Waals surface area contributed by atoms with Crippen molar-refractivity contribution >= 4 is 11.9 Å². The van der Waals surface area contributed by atoms with Crippen LogP contribution in [0.1, 0.15) is 30.1 Å². The highest BCUT2D eigenvalue weighted by atomic mass is 16.4. The van der Waals surface area contributed by atoms with Gasteiger partial charge in [-0.2, -0.15) is 0 Å². The van der Waals surface area contributed by atoms with Crippen molar-refractivity contribution in [3.63, 3.8) is 0 Å². The lowest BCUT2D eigenvalue weighted by molar-refractivity contribution is -0.145. The van der Waals surface area contributed by atoms with Crippen LogP contribution in [0.5, 0.6) is 0 Å². The number of rotatable bonds is 2. The monoisotopic (exact) mass is 278 g/mol. The van der Waals surface area contributed by atoms with E-state index in [1.807, 2.05) is 6.92 Å². The van der Waals surface area contributed by atoms with Gasteiger partial charge in [-0.1, -0.05) is 6.92 Å². The number of carboxylic acids is 1. The Morgan fingerprint density at radius 3 is 2.70 bits per heavy atom. The second-order valence-electron chi connectivity index (χ2n) is 5.27. The van der Waals surface area contributed by atoms with E-state index in [9.17, 15) is 19.5 Å². The number of pyridine rings is 1. The smallest absolute Gasteiger partial charge is 0.326 e. The first-order chi connectivity index (χ1) is 9.41. The molecule has 20 heavy (non-hydrogen) atoms. The van der Waals surface area contributed by atoms with E-state index in [2.05, 4.69) is 0 Å². The molecular formula is C14H18N2O4. The van der Waals surface area contributed by atoms with Crippen molar-refractivity contribution in [3.05, 3.63) is 34.2 Å². The maximum Gasteiger partial charge on any atom is 0.326 e. The van der Waals surface area contributed by atoms with E-state index >= 15 is 0 Å². The maximum absolute atomic E-state index is 12.4. The number of aliphatic carboxylic acids is 1. The van der Waals surface area contributed by atoms with Gasteiger partial charge < -0.3 is 14.6 Å². The molecule has 1 N–H and O–H groups in total. The predicted octanol–water partition coefficient (Wildman–Crippen LogP) is 0.711. The summed E-state index contributed by atoms with van der Waals surface area (Å²) in [6.45, 7) is 2.25. The van der Waals surface area contributed by atoms with E-state index in [-0.39, 0.29) is 22.9 Å². The Morgan fingerprint density at radius 2 is 2.10 bits per heavy atom. The second-order valence-corrected chi connectivity index (χ2v) is 5.27. The number of hydrogen-bond donors (Lipinski definition) is 1. The zero-order valence-corrected chi connectivity index (χ0v) is 11.6. The van der Waals surface area contributed by atoms with Crippen LogP contribution in [0.4, 0.5) is 0 Å². The summed E-state index contributed by atoms with van der Waals surface area (Å²) < 4.78 is 1.37. The molecule has 1 amide bonds. The van der Waals surface area contributed by atoms with E-state index in [4.69, 9.17) is 0 Å². The van der Waals surface area contributed by atoms with Gasteiger partial charge in [0.15, 0.2) is 0 Å². The van der Waals surface area contributed by atoms with Gasteiger partial charge in [0.05, 0.1) is 0 Å². The lowest BCUT2D eigenvalue weighted by atomic mass is 9.90. The van der Waals surface area contributed by atoms with Crippen LogP contribution < -0.4 is 5.56 Å². The van der Waals surface area contributed by atoms with Crippen LogP contribution in [-0.2, 0) is 11.8 Å². The van der Waals surface area contributed by atoms with E-state index in [0.29, 0.717) is 6.54 Å². The van der Waals surface area contributed by atoms with Crippen LogP contribution in [0.2, 0.25) is 0 Å². The van der Waals surface area contributed by atoms with Gasteiger partial charge in [0.1, 0.15) is 6.04 Å². The first kappa shape index (κ1) is 14.3. The molecule has 1 aliphatic heterocycles. The third kappa shape index (κ3) is 2.59. The summed E-state index contributed by atoms with van der Waals surface area (Å²) in [5.41, 5.74) is -0.0405. The quantitative estimate of drug-likeness (QED) is 0.864. The van der Waals surface area contributed by atoms with E-state index in [0.717, 1.165) is 12.8 Å². The lowest BCUT2D eigenvalue weighted by Crippen LogP contribution is -2.52. The standard InChI is InChI=1S/C14H18N2O4/c1-9-4-3-6-16(12(9)14(19)20)13(18)10-5-7-15(2)11(17)8-10/h5,7-9,12H,3-4,6H2,1-2H3,(H,19,20). The van der Waals surface area contributed by atoms with Gasteiger partial charge in [-0.15, -0.1) is 0 Å². The summed E-state index contributed by atoms with van der Waals surface area (Å²) in [5, 5.41) is 9.31. The van der Waals surface area contributed by atoms with Crippen molar-refractivity contribution in [1.29, 1.82) is 0 Å². The van der Waals surface area contributed by atoms with Crippen LogP contribution in [0.15, 0.2) is 23.1 Å². The largest absolute Gasteiger partial charge is 0.480 e. The van der Waals surface area contributed by atoms with Gasteiger partial charge in [-0.3, -0.25) is 9.59 Å². The number of amides is 1. The van der Waals surface area contributed by atoms with Gasteiger partial charge in [0, 0.05) is 31.4 Å². The second kappa shape index (κ2) is 5.48. The average Bonchev–Trinajstić information content (AvgIpc) is 2.40. The van der Waals surface area contributed by atoms with Gasteiger partial charge in [0.25, 0.3) is 11.5 Å². The van der Waals surface area contributed by atoms with Crippen LogP contribution in [0.25, 0.3) is 0 Å². The molecule has 0 saturated carbocycles. The summed E-state index contributed by atoms with van der Waals surface area (Å²) in [6, 6.07) is 1.97. The fourth-order valence-corrected chi connectivity index (χ4v) is 2.64. The molecule has 1 aromatic heterocycles. The fraction of sp³-hybridized carbons (Fsp3) is 0.500. The number of carbonyl (C=O) groups is 2. The normalized spacial score (nSPS) is 22.6. The molecule has 1 aromatic rings. The number of carboxylic acid groups (broad SMARTS) is 1. The van der Waals surface area contributed by atoms with Crippen LogP contribution >= 0.6 is 0 Å². The molecule has 0 aromatic carbocycles. The summed E-state index contributed by atoms with van der Waals surface area (Å²) in [4.78, 5) is 36.8. The van der Waals surface area contributed by atoms with Crippen molar-refractivity contribution in [2.75, 3.05) is 6.54 Å². The van der Waals surface area contributed by atoms with Gasteiger partial charge in [0.2, 0.25) is 0 Å². The number of carbonyl (C=O) groups excluding carboxylic acids is 1. The highest BCUT2D eigenvalue weighted by molar-refractivity contribution is 5.96. The molecule has 1 fully saturated rings. The molecule has 2 rings (SSSR count). The van der Waals surface area contributed by atoms with Crippen LogP contribution in [-0.4, -0.2) is 39.0 Å². The zero-order chi connectivity index (χ0) is 14.9. The first-order valence-electron chi connectivity index (χ1n) is 6.62. The van der Waals surface area contributed by atoms with Crippen molar-refractivity contribution in [1.82, 2.24) is 9.47 Å². The molecule has 0 bridgehead atoms. The number of nitrogens with zero attached hydrogens (tertiary/aromatic N) is 2.